The molecule has 0 aromatic heterocycles. The number of carbonyl (C=O) groups is 2. The molecule has 0 aliphatic heterocycles. The first kappa shape index (κ1) is 17.9. The number of Topliss-reactive ketones (excluding diaryl/α,β-unsaturated/α-hetero) is 1. The van der Waals surface area contributed by atoms with Crippen LogP contribution in [0.15, 0.2) is 48.5 Å². The van der Waals surface area contributed by atoms with Gasteiger partial charge >= 0.3 is 5.91 Å². The zero-order chi connectivity index (χ0) is 17.9. The number of halogens is 1. The smallest absolute Gasteiger partial charge is 0.313 e. The zero-order valence-electron chi connectivity index (χ0n) is 12.8. The lowest BCUT2D eigenvalue weighted by Gasteiger charge is -2.30. The second-order valence-electron chi connectivity index (χ2n) is 5.29. The fourth-order valence-corrected chi connectivity index (χ4v) is 2.74. The van der Waals surface area contributed by atoms with E-state index in [9.17, 15) is 19.8 Å². The number of phenolic OH excluding ortho intramolecular Hbond substituents is 1. The first-order chi connectivity index (χ1) is 11.3. The van der Waals surface area contributed by atoms with Crippen molar-refractivity contribution in [3.05, 3.63) is 64.7 Å². The SMILES string of the molecule is CN(O)C(=O)C(=O)CC(O)(c1ccccc1O)c1ccccc1Cl. The van der Waals surface area contributed by atoms with Crippen molar-refractivity contribution in [3.63, 3.8) is 0 Å². The maximum Gasteiger partial charge on any atom is 0.313 e. The summed E-state index contributed by atoms with van der Waals surface area (Å²) >= 11 is 6.14. The second kappa shape index (κ2) is 7.00. The van der Waals surface area contributed by atoms with Crippen molar-refractivity contribution in [3.8, 4) is 5.75 Å². The largest absolute Gasteiger partial charge is 0.508 e. The highest BCUT2D eigenvalue weighted by atomic mass is 35.5. The number of hydrogen-bond donors (Lipinski definition) is 3. The Bertz CT molecular complexity index is 730. The van der Waals surface area contributed by atoms with Crippen LogP contribution >= 0.6 is 11.6 Å². The molecule has 0 spiro atoms. The summed E-state index contributed by atoms with van der Waals surface area (Å²) < 4.78 is 0. The average Bonchev–Trinajstić information content (AvgIpc) is 2.54. The van der Waals surface area contributed by atoms with Gasteiger partial charge in [-0.1, -0.05) is 48.0 Å². The second-order valence-corrected chi connectivity index (χ2v) is 5.69. The third-order valence-corrected chi connectivity index (χ3v) is 3.95. The average molecular weight is 350 g/mol. The van der Waals surface area contributed by atoms with Gasteiger partial charge in [0.15, 0.2) is 0 Å². The van der Waals surface area contributed by atoms with Gasteiger partial charge in [0.2, 0.25) is 5.78 Å². The Morgan fingerprint density at radius 3 is 2.17 bits per heavy atom. The molecule has 0 radical (unpaired) electrons. The number of ketones is 1. The summed E-state index contributed by atoms with van der Waals surface area (Å²) in [5.74, 6) is -2.47. The Morgan fingerprint density at radius 2 is 1.62 bits per heavy atom. The highest BCUT2D eigenvalue weighted by Gasteiger charge is 2.40. The van der Waals surface area contributed by atoms with E-state index in [4.69, 9.17) is 16.8 Å². The summed E-state index contributed by atoms with van der Waals surface area (Å²) in [6.45, 7) is 0. The molecule has 1 amide bonds. The number of amides is 1. The Morgan fingerprint density at radius 1 is 1.08 bits per heavy atom. The van der Waals surface area contributed by atoms with Crippen molar-refractivity contribution in [2.24, 2.45) is 0 Å². The molecule has 6 nitrogen and oxygen atoms in total. The molecule has 0 aliphatic carbocycles. The summed E-state index contributed by atoms with van der Waals surface area (Å²) in [6, 6.07) is 12.2. The van der Waals surface area contributed by atoms with E-state index >= 15 is 0 Å². The Kier molecular flexibility index (Phi) is 5.23. The normalized spacial score (nSPS) is 13.2. The molecule has 24 heavy (non-hydrogen) atoms. The van der Waals surface area contributed by atoms with Crippen LogP contribution in [0, 0.1) is 0 Å². The monoisotopic (exact) mass is 349 g/mol. The molecule has 0 aliphatic rings. The van der Waals surface area contributed by atoms with E-state index in [-0.39, 0.29) is 27.0 Å². The topological polar surface area (TPSA) is 98.1 Å². The fourth-order valence-electron chi connectivity index (χ4n) is 2.44. The van der Waals surface area contributed by atoms with E-state index in [0.717, 1.165) is 7.05 Å². The number of benzene rings is 2. The minimum Gasteiger partial charge on any atom is -0.508 e. The van der Waals surface area contributed by atoms with Crippen molar-refractivity contribution in [2.75, 3.05) is 7.05 Å². The number of hydrogen-bond acceptors (Lipinski definition) is 5. The van der Waals surface area contributed by atoms with Gasteiger partial charge in [-0.15, -0.1) is 0 Å². The standard InChI is InChI=1S/C17H16ClNO5/c1-19(24)16(22)15(21)10-17(23,11-6-2-4-8-13(11)18)12-7-3-5-9-14(12)20/h2-9,20,23-24H,10H2,1H3. The lowest BCUT2D eigenvalue weighted by molar-refractivity contribution is -0.166. The molecule has 0 saturated heterocycles. The summed E-state index contributed by atoms with van der Waals surface area (Å²) in [5.41, 5.74) is -1.85. The van der Waals surface area contributed by atoms with Gasteiger partial charge in [0.1, 0.15) is 11.4 Å². The highest BCUT2D eigenvalue weighted by Crippen LogP contribution is 2.40. The molecule has 1 atom stereocenters. The van der Waals surface area contributed by atoms with Crippen molar-refractivity contribution >= 4 is 23.3 Å². The molecule has 0 saturated carbocycles. The van der Waals surface area contributed by atoms with Crippen LogP contribution in [0.1, 0.15) is 17.5 Å². The molecular formula is C17H16ClNO5. The van der Waals surface area contributed by atoms with Crippen LogP contribution in [0.3, 0.4) is 0 Å². The van der Waals surface area contributed by atoms with Gasteiger partial charge in [0, 0.05) is 23.2 Å². The van der Waals surface area contributed by atoms with E-state index < -0.39 is 23.7 Å². The van der Waals surface area contributed by atoms with E-state index in [1.54, 1.807) is 24.3 Å². The molecule has 2 aromatic carbocycles. The maximum absolute atomic E-state index is 12.1. The zero-order valence-corrected chi connectivity index (χ0v) is 13.6. The van der Waals surface area contributed by atoms with Gasteiger partial charge in [-0.25, -0.2) is 5.06 Å². The number of likely N-dealkylation sites (N-methyl/N-ethyl adjacent to an activating group) is 1. The van der Waals surface area contributed by atoms with E-state index in [1.807, 2.05) is 0 Å². The van der Waals surface area contributed by atoms with Crippen LogP contribution in [-0.4, -0.2) is 39.2 Å². The number of phenols is 1. The molecule has 0 heterocycles. The van der Waals surface area contributed by atoms with Crippen molar-refractivity contribution < 1.29 is 25.0 Å². The summed E-state index contributed by atoms with van der Waals surface area (Å²) in [5, 5.41) is 30.7. The number of aromatic hydroxyl groups is 1. The number of rotatable bonds is 5. The molecule has 3 N–H and O–H groups in total. The first-order valence-electron chi connectivity index (χ1n) is 7.03. The molecule has 0 fully saturated rings. The maximum atomic E-state index is 12.1. The van der Waals surface area contributed by atoms with Gasteiger partial charge in [-0.3, -0.25) is 14.8 Å². The Hall–Kier alpha value is -2.41. The quantitative estimate of drug-likeness (QED) is 0.436. The molecule has 126 valence electrons. The predicted molar refractivity (Wildman–Crippen MR) is 86.7 cm³/mol. The Labute approximate surface area is 143 Å². The summed E-state index contributed by atoms with van der Waals surface area (Å²) in [4.78, 5) is 23.8. The van der Waals surface area contributed by atoms with Crippen LogP contribution in [-0.2, 0) is 15.2 Å². The molecule has 2 rings (SSSR count). The number of nitrogens with zero attached hydrogens (tertiary/aromatic N) is 1. The lowest BCUT2D eigenvalue weighted by atomic mass is 9.81. The van der Waals surface area contributed by atoms with Gasteiger partial charge in [0.25, 0.3) is 0 Å². The van der Waals surface area contributed by atoms with E-state index in [2.05, 4.69) is 0 Å². The fraction of sp³-hybridized carbons (Fsp3) is 0.176. The number of para-hydroxylation sites is 1. The van der Waals surface area contributed by atoms with Crippen LogP contribution in [0.5, 0.6) is 5.75 Å². The summed E-state index contributed by atoms with van der Waals surface area (Å²) in [7, 11) is 1.01. The first-order valence-corrected chi connectivity index (χ1v) is 7.41. The Balaban J connectivity index is 2.59. The lowest BCUT2D eigenvalue weighted by Crippen LogP contribution is -2.38. The molecule has 7 heteroatoms. The van der Waals surface area contributed by atoms with Gasteiger partial charge in [0.05, 0.1) is 6.42 Å². The predicted octanol–water partition coefficient (Wildman–Crippen LogP) is 2.09. The minimum absolute atomic E-state index is 0.0276. The third kappa shape index (κ3) is 3.41. The summed E-state index contributed by atoms with van der Waals surface area (Å²) in [6.07, 6.45) is -0.696. The van der Waals surface area contributed by atoms with Gasteiger partial charge in [-0.2, -0.15) is 0 Å². The number of hydroxylamine groups is 2. The van der Waals surface area contributed by atoms with Crippen molar-refractivity contribution in [1.82, 2.24) is 5.06 Å². The van der Waals surface area contributed by atoms with E-state index in [1.165, 1.54) is 24.3 Å². The molecule has 2 aromatic rings. The molecule has 1 unspecified atom stereocenters. The molecule has 0 bridgehead atoms. The van der Waals surface area contributed by atoms with Crippen LogP contribution < -0.4 is 0 Å². The minimum atomic E-state index is -2.04. The van der Waals surface area contributed by atoms with Crippen LogP contribution in [0.2, 0.25) is 5.02 Å². The van der Waals surface area contributed by atoms with Gasteiger partial charge in [-0.05, 0) is 12.1 Å². The molecular weight excluding hydrogens is 334 g/mol. The van der Waals surface area contributed by atoms with E-state index in [0.29, 0.717) is 0 Å². The third-order valence-electron chi connectivity index (χ3n) is 3.62. The van der Waals surface area contributed by atoms with Crippen molar-refractivity contribution in [1.29, 1.82) is 0 Å². The highest BCUT2D eigenvalue weighted by molar-refractivity contribution is 6.36. The van der Waals surface area contributed by atoms with Gasteiger partial charge < -0.3 is 10.2 Å². The van der Waals surface area contributed by atoms with Crippen molar-refractivity contribution in [2.45, 2.75) is 12.0 Å². The van der Waals surface area contributed by atoms with Crippen LogP contribution in [0.4, 0.5) is 0 Å². The number of aliphatic hydroxyl groups is 1. The van der Waals surface area contributed by atoms with Crippen LogP contribution in [0.25, 0.3) is 0 Å². The number of carbonyl (C=O) groups excluding carboxylic acids is 2.